The Morgan fingerprint density at radius 1 is 1.41 bits per heavy atom. The second-order valence-corrected chi connectivity index (χ2v) is 6.99. The molecule has 0 unspecified atom stereocenters. The van der Waals surface area contributed by atoms with Crippen molar-refractivity contribution >= 4 is 24.3 Å². The lowest BCUT2D eigenvalue weighted by molar-refractivity contribution is 0.247. The predicted octanol–water partition coefficient (Wildman–Crippen LogP) is 3.28. The number of rotatable bonds is 9. The van der Waals surface area contributed by atoms with Crippen molar-refractivity contribution in [3.8, 4) is 11.3 Å². The van der Waals surface area contributed by atoms with E-state index in [1.165, 1.54) is 36.1 Å². The molecule has 0 saturated carbocycles. The van der Waals surface area contributed by atoms with Crippen LogP contribution in [0.2, 0.25) is 5.02 Å². The first kappa shape index (κ1) is 23.1. The van der Waals surface area contributed by atoms with Gasteiger partial charge in [-0.25, -0.2) is 19.4 Å². The van der Waals surface area contributed by atoms with Crippen molar-refractivity contribution < 1.29 is 14.2 Å². The van der Waals surface area contributed by atoms with E-state index in [0.29, 0.717) is 35.2 Å². The number of hydrogen-bond donors (Lipinski definition) is 2. The molecule has 0 radical (unpaired) electrons. The number of aliphatic imine (C=N–C) groups is 1. The summed E-state index contributed by atoms with van der Waals surface area (Å²) < 4.78 is 20.2. The summed E-state index contributed by atoms with van der Waals surface area (Å²) in [7, 11) is 1.49. The zero-order valence-corrected chi connectivity index (χ0v) is 18.0. The highest BCUT2D eigenvalue weighted by molar-refractivity contribution is 6.30. The van der Waals surface area contributed by atoms with Crippen molar-refractivity contribution in [2.45, 2.75) is 6.04 Å². The molecular weight excluding hydrogens is 437 g/mol. The van der Waals surface area contributed by atoms with E-state index >= 15 is 0 Å². The monoisotopic (exact) mass is 457 g/mol. The van der Waals surface area contributed by atoms with Crippen molar-refractivity contribution in [3.63, 3.8) is 0 Å². The van der Waals surface area contributed by atoms with Gasteiger partial charge >= 0.3 is 0 Å². The van der Waals surface area contributed by atoms with Crippen LogP contribution in [0.5, 0.6) is 0 Å². The van der Waals surface area contributed by atoms with Gasteiger partial charge in [-0.05, 0) is 42.6 Å². The van der Waals surface area contributed by atoms with E-state index in [1.54, 1.807) is 30.5 Å². The average Bonchev–Trinajstić information content (AvgIpc) is 2.80. The fourth-order valence-electron chi connectivity index (χ4n) is 3.03. The Morgan fingerprint density at radius 3 is 2.88 bits per heavy atom. The predicted molar refractivity (Wildman–Crippen MR) is 121 cm³/mol. The number of pyridine rings is 1. The second-order valence-electron chi connectivity index (χ2n) is 6.58. The van der Waals surface area contributed by atoms with Crippen LogP contribution >= 0.6 is 11.6 Å². The number of hydrogen-bond acceptors (Lipinski definition) is 7. The topological polar surface area (TPSA) is 102 Å². The SMILES string of the molecule is C=N/C(=C\CNc1nccc(-c2ccn([C@H](CO)c3ccc(Cl)c(F)c3)c(=O)c2)n1)OC. The van der Waals surface area contributed by atoms with E-state index in [1.807, 2.05) is 0 Å². The first-order chi connectivity index (χ1) is 15.5. The van der Waals surface area contributed by atoms with Gasteiger partial charge < -0.3 is 19.7 Å². The van der Waals surface area contributed by atoms with E-state index in [-0.39, 0.29) is 10.6 Å². The number of nitrogens with one attached hydrogen (secondary N) is 1. The first-order valence-corrected chi connectivity index (χ1v) is 9.90. The highest BCUT2D eigenvalue weighted by Gasteiger charge is 2.16. The highest BCUT2D eigenvalue weighted by atomic mass is 35.5. The Bertz CT molecular complexity index is 1200. The summed E-state index contributed by atoms with van der Waals surface area (Å²) in [6, 6.07) is 8.16. The van der Waals surface area contributed by atoms with Crippen LogP contribution in [0.4, 0.5) is 10.3 Å². The zero-order valence-electron chi connectivity index (χ0n) is 17.2. The number of ether oxygens (including phenoxy) is 1. The van der Waals surface area contributed by atoms with Gasteiger partial charge in [-0.15, -0.1) is 0 Å². The number of anilines is 1. The lowest BCUT2D eigenvalue weighted by Crippen LogP contribution is -2.27. The molecule has 0 bridgehead atoms. The van der Waals surface area contributed by atoms with Crippen molar-refractivity contribution in [2.75, 3.05) is 25.6 Å². The van der Waals surface area contributed by atoms with Crippen LogP contribution in [0.3, 0.4) is 0 Å². The summed E-state index contributed by atoms with van der Waals surface area (Å²) in [4.78, 5) is 25.0. The van der Waals surface area contributed by atoms with Gasteiger partial charge in [0.1, 0.15) is 5.82 Å². The highest BCUT2D eigenvalue weighted by Crippen LogP contribution is 2.23. The van der Waals surface area contributed by atoms with Gasteiger partial charge in [-0.2, -0.15) is 0 Å². The van der Waals surface area contributed by atoms with Gasteiger partial charge in [0.25, 0.3) is 5.56 Å². The number of benzene rings is 1. The minimum atomic E-state index is -0.758. The molecule has 0 aliphatic rings. The molecule has 1 aromatic carbocycles. The van der Waals surface area contributed by atoms with E-state index in [9.17, 15) is 14.3 Å². The summed E-state index contributed by atoms with van der Waals surface area (Å²) in [6.07, 6.45) is 4.78. The van der Waals surface area contributed by atoms with Crippen molar-refractivity contribution in [1.82, 2.24) is 14.5 Å². The van der Waals surface area contributed by atoms with E-state index in [2.05, 4.69) is 27.0 Å². The maximum Gasteiger partial charge on any atom is 0.251 e. The molecule has 10 heteroatoms. The Kier molecular flexibility index (Phi) is 7.69. The molecule has 8 nitrogen and oxygen atoms in total. The van der Waals surface area contributed by atoms with Crippen LogP contribution in [0.15, 0.2) is 70.5 Å². The van der Waals surface area contributed by atoms with E-state index < -0.39 is 18.5 Å². The molecule has 2 aromatic heterocycles. The van der Waals surface area contributed by atoms with Crippen LogP contribution < -0.4 is 10.9 Å². The minimum Gasteiger partial charge on any atom is -0.481 e. The summed E-state index contributed by atoms with van der Waals surface area (Å²) in [5, 5.41) is 12.8. The van der Waals surface area contributed by atoms with Crippen LogP contribution in [-0.2, 0) is 4.74 Å². The van der Waals surface area contributed by atoms with Gasteiger partial charge in [0.15, 0.2) is 0 Å². The number of halogens is 2. The van der Waals surface area contributed by atoms with Crippen molar-refractivity contribution in [2.24, 2.45) is 4.99 Å². The molecule has 32 heavy (non-hydrogen) atoms. The molecule has 0 fully saturated rings. The van der Waals surface area contributed by atoms with Crippen LogP contribution in [-0.4, -0.2) is 46.6 Å². The van der Waals surface area contributed by atoms with Gasteiger partial charge in [0.05, 0.1) is 30.5 Å². The van der Waals surface area contributed by atoms with Gasteiger partial charge in [0, 0.05) is 30.6 Å². The number of aromatic nitrogens is 3. The van der Waals surface area contributed by atoms with Crippen LogP contribution in [0.25, 0.3) is 11.3 Å². The third-order valence-electron chi connectivity index (χ3n) is 4.64. The van der Waals surface area contributed by atoms with Gasteiger partial charge in [0.2, 0.25) is 11.8 Å². The fourth-order valence-corrected chi connectivity index (χ4v) is 3.14. The first-order valence-electron chi connectivity index (χ1n) is 9.53. The summed E-state index contributed by atoms with van der Waals surface area (Å²) in [5.41, 5.74) is 1.14. The lowest BCUT2D eigenvalue weighted by atomic mass is 10.1. The minimum absolute atomic E-state index is 0.0315. The molecular formula is C22H21ClFN5O3. The standard InChI is InChI=1S/C22H21ClFN5O3/c1-25-20(32-2)6-9-27-22-26-8-5-18(28-22)14-7-10-29(21(31)12-14)19(13-30)15-3-4-16(23)17(24)11-15/h3-8,10-12,19,30H,1,9,13H2,2H3,(H,26,27,28)/b20-6+/t19-/m1/s1. The molecule has 0 aliphatic carbocycles. The normalized spacial score (nSPS) is 12.3. The molecule has 2 N–H and O–H groups in total. The Hall–Kier alpha value is -3.56. The van der Waals surface area contributed by atoms with E-state index in [4.69, 9.17) is 16.3 Å². The quantitative estimate of drug-likeness (QED) is 0.377. The van der Waals surface area contributed by atoms with Gasteiger partial charge in [-0.3, -0.25) is 4.79 Å². The third kappa shape index (κ3) is 5.37. The number of aliphatic hydroxyl groups is 1. The van der Waals surface area contributed by atoms with E-state index in [0.717, 1.165) is 0 Å². The van der Waals surface area contributed by atoms with Crippen molar-refractivity contribution in [3.05, 3.63) is 87.5 Å². The molecule has 0 amide bonds. The fraction of sp³-hybridized carbons (Fsp3) is 0.182. The Morgan fingerprint density at radius 2 is 2.22 bits per heavy atom. The van der Waals surface area contributed by atoms with Gasteiger partial charge in [-0.1, -0.05) is 17.7 Å². The molecule has 3 aromatic rings. The number of aliphatic hydroxyl groups excluding tert-OH is 1. The largest absolute Gasteiger partial charge is 0.481 e. The van der Waals surface area contributed by atoms with Crippen LogP contribution in [0.1, 0.15) is 11.6 Å². The summed E-state index contributed by atoms with van der Waals surface area (Å²) >= 11 is 5.73. The molecule has 166 valence electrons. The maximum atomic E-state index is 13.8. The lowest BCUT2D eigenvalue weighted by Gasteiger charge is -2.18. The molecule has 0 saturated heterocycles. The number of methoxy groups -OCH3 is 1. The van der Waals surface area contributed by atoms with Crippen molar-refractivity contribution in [1.29, 1.82) is 0 Å². The molecule has 3 rings (SSSR count). The Labute approximate surface area is 188 Å². The Balaban J connectivity index is 1.84. The molecule has 0 aliphatic heterocycles. The molecule has 2 heterocycles. The third-order valence-corrected chi connectivity index (χ3v) is 4.95. The maximum absolute atomic E-state index is 13.8. The average molecular weight is 458 g/mol. The zero-order chi connectivity index (χ0) is 23.1. The summed E-state index contributed by atoms with van der Waals surface area (Å²) in [6.45, 7) is 3.37. The van der Waals surface area contributed by atoms with Crippen LogP contribution in [0, 0.1) is 5.82 Å². The summed E-state index contributed by atoms with van der Waals surface area (Å²) in [5.74, 6) is 0.105. The second kappa shape index (κ2) is 10.7. The smallest absolute Gasteiger partial charge is 0.251 e. The molecule has 0 spiro atoms. The molecule has 1 atom stereocenters. The number of nitrogens with zero attached hydrogens (tertiary/aromatic N) is 4.